The summed E-state index contributed by atoms with van der Waals surface area (Å²) < 4.78 is 22.4. The first kappa shape index (κ1) is 25.9. The van der Waals surface area contributed by atoms with Crippen LogP contribution in [0.2, 0.25) is 0 Å². The van der Waals surface area contributed by atoms with Crippen molar-refractivity contribution in [2.45, 2.75) is 13.5 Å². The molecule has 0 unspecified atom stereocenters. The Morgan fingerprint density at radius 1 is 0.795 bits per heavy atom. The lowest BCUT2D eigenvalue weighted by Gasteiger charge is -2.19. The number of aryl methyl sites for hydroxylation is 1. The third kappa shape index (κ3) is 5.61. The number of hydrogen-bond donors (Lipinski definition) is 1. The molecular weight excluding hydrogens is 492 g/mol. The molecule has 0 amide bonds. The number of nitrogens with one attached hydrogen (secondary N) is 1. The van der Waals surface area contributed by atoms with Crippen LogP contribution < -0.4 is 19.5 Å². The molecule has 0 spiro atoms. The van der Waals surface area contributed by atoms with Crippen LogP contribution in [0.15, 0.2) is 79.1 Å². The summed E-state index contributed by atoms with van der Waals surface area (Å²) in [4.78, 5) is 14.2. The molecule has 8 nitrogen and oxygen atoms in total. The number of methoxy groups -OCH3 is 3. The quantitative estimate of drug-likeness (QED) is 0.215. The van der Waals surface area contributed by atoms with Gasteiger partial charge < -0.3 is 24.3 Å². The van der Waals surface area contributed by atoms with Gasteiger partial charge in [-0.05, 0) is 42.6 Å². The van der Waals surface area contributed by atoms with Crippen molar-refractivity contribution in [3.63, 3.8) is 0 Å². The number of fused-ring (bicyclic) bond motifs is 1. The van der Waals surface area contributed by atoms with Crippen LogP contribution in [0.1, 0.15) is 11.3 Å². The molecule has 0 aliphatic heterocycles. The number of ether oxygens (including phenoxy) is 4. The third-order valence-corrected chi connectivity index (χ3v) is 6.34. The van der Waals surface area contributed by atoms with Crippen molar-refractivity contribution in [2.75, 3.05) is 33.4 Å². The van der Waals surface area contributed by atoms with Crippen molar-refractivity contribution in [1.29, 1.82) is 0 Å². The minimum atomic E-state index is 0.0510. The van der Waals surface area contributed by atoms with Crippen molar-refractivity contribution >= 4 is 16.6 Å². The Kier molecular flexibility index (Phi) is 7.84. The zero-order chi connectivity index (χ0) is 27.2. The minimum Gasteiger partial charge on any atom is -0.497 e. The van der Waals surface area contributed by atoms with Gasteiger partial charge in [0.2, 0.25) is 0 Å². The molecule has 0 aliphatic carbocycles. The number of nitrogens with zero attached hydrogens (tertiary/aromatic N) is 3. The smallest absolute Gasteiger partial charge is 0.188 e. The maximum Gasteiger partial charge on any atom is 0.188 e. The number of pyridine rings is 3. The van der Waals surface area contributed by atoms with E-state index in [0.717, 1.165) is 44.6 Å². The van der Waals surface area contributed by atoms with Crippen molar-refractivity contribution in [3.8, 4) is 39.8 Å². The number of aromatic nitrogens is 3. The maximum absolute atomic E-state index is 6.17. The van der Waals surface area contributed by atoms with Crippen LogP contribution in [0.25, 0.3) is 33.3 Å². The Morgan fingerprint density at radius 2 is 1.67 bits per heavy atom. The van der Waals surface area contributed by atoms with Crippen LogP contribution in [-0.2, 0) is 11.3 Å². The van der Waals surface area contributed by atoms with Crippen LogP contribution in [0.5, 0.6) is 17.2 Å². The first-order valence-electron chi connectivity index (χ1n) is 12.5. The monoisotopic (exact) mass is 522 g/mol. The van der Waals surface area contributed by atoms with Crippen molar-refractivity contribution in [2.24, 2.45) is 0 Å². The number of rotatable bonds is 10. The van der Waals surface area contributed by atoms with Crippen molar-refractivity contribution < 1.29 is 18.9 Å². The van der Waals surface area contributed by atoms with Gasteiger partial charge in [-0.25, -0.2) is 4.98 Å². The zero-order valence-corrected chi connectivity index (χ0v) is 22.4. The van der Waals surface area contributed by atoms with Gasteiger partial charge in [0.15, 0.2) is 18.4 Å². The average molecular weight is 523 g/mol. The van der Waals surface area contributed by atoms with Crippen LogP contribution >= 0.6 is 0 Å². The summed E-state index contributed by atoms with van der Waals surface area (Å²) in [5, 5.41) is 5.55. The van der Waals surface area contributed by atoms with E-state index in [9.17, 15) is 0 Å². The molecular formula is C31H30N4O4. The molecule has 0 saturated heterocycles. The summed E-state index contributed by atoms with van der Waals surface area (Å²) in [6.07, 6.45) is 3.70. The summed E-state index contributed by atoms with van der Waals surface area (Å²) in [6, 6.07) is 21.7. The second-order valence-corrected chi connectivity index (χ2v) is 8.89. The zero-order valence-electron chi connectivity index (χ0n) is 22.4. The first-order chi connectivity index (χ1) is 19.1. The fraction of sp³-hybridized carbons (Fsp3) is 0.194. The predicted molar refractivity (Wildman–Crippen MR) is 152 cm³/mol. The summed E-state index contributed by atoms with van der Waals surface area (Å²) in [5.41, 5.74) is 5.04. The van der Waals surface area contributed by atoms with Gasteiger partial charge in [0, 0.05) is 59.9 Å². The normalized spacial score (nSPS) is 10.9. The summed E-state index contributed by atoms with van der Waals surface area (Å²) in [6.45, 7) is 2.45. The van der Waals surface area contributed by atoms with E-state index >= 15 is 0 Å². The third-order valence-electron chi connectivity index (χ3n) is 6.34. The Balaban J connectivity index is 1.68. The van der Waals surface area contributed by atoms with Gasteiger partial charge in [0.1, 0.15) is 11.5 Å². The Morgan fingerprint density at radius 3 is 2.46 bits per heavy atom. The highest BCUT2D eigenvalue weighted by Crippen LogP contribution is 2.41. The van der Waals surface area contributed by atoms with Crippen molar-refractivity contribution in [1.82, 2.24) is 15.0 Å². The molecule has 3 heterocycles. The van der Waals surface area contributed by atoms with Crippen LogP contribution in [0.4, 0.5) is 5.82 Å². The van der Waals surface area contributed by atoms with Gasteiger partial charge in [-0.2, -0.15) is 0 Å². The van der Waals surface area contributed by atoms with Gasteiger partial charge >= 0.3 is 0 Å². The molecule has 0 radical (unpaired) electrons. The molecule has 0 saturated carbocycles. The molecule has 5 rings (SSSR count). The van der Waals surface area contributed by atoms with E-state index in [-0.39, 0.29) is 6.79 Å². The molecule has 1 N–H and O–H groups in total. The Bertz CT molecular complexity index is 1600. The van der Waals surface area contributed by atoms with E-state index in [1.807, 2.05) is 80.0 Å². The molecule has 198 valence electrons. The molecule has 5 aromatic rings. The second-order valence-electron chi connectivity index (χ2n) is 8.89. The first-order valence-corrected chi connectivity index (χ1v) is 12.5. The van der Waals surface area contributed by atoms with E-state index in [0.29, 0.717) is 29.6 Å². The fourth-order valence-corrected chi connectivity index (χ4v) is 4.44. The molecule has 0 fully saturated rings. The lowest BCUT2D eigenvalue weighted by molar-refractivity contribution is 0.0518. The van der Waals surface area contributed by atoms with E-state index in [2.05, 4.69) is 16.4 Å². The standard InChI is InChI=1S/C31H30N4O4/c1-20-8-7-11-27(34-20)28-15-25(26-18-32-16-21-9-5-6-10-24(21)26)30(39-19-36-2)31(35-28)33-17-22-12-13-23(37-3)14-29(22)38-4/h5-16,18H,17,19H2,1-4H3,(H,33,35). The van der Waals surface area contributed by atoms with Gasteiger partial charge in [0.25, 0.3) is 0 Å². The molecule has 0 aliphatic rings. The summed E-state index contributed by atoms with van der Waals surface area (Å²) >= 11 is 0. The minimum absolute atomic E-state index is 0.0510. The van der Waals surface area contributed by atoms with Gasteiger partial charge in [-0.15, -0.1) is 0 Å². The summed E-state index contributed by atoms with van der Waals surface area (Å²) in [7, 11) is 4.86. The highest BCUT2D eigenvalue weighted by molar-refractivity contribution is 5.98. The van der Waals surface area contributed by atoms with Crippen molar-refractivity contribution in [3.05, 3.63) is 90.4 Å². The van der Waals surface area contributed by atoms with Crippen LogP contribution in [0.3, 0.4) is 0 Å². The molecule has 3 aromatic heterocycles. The highest BCUT2D eigenvalue weighted by Gasteiger charge is 2.20. The van der Waals surface area contributed by atoms with E-state index in [1.165, 1.54) is 0 Å². The molecule has 0 bridgehead atoms. The second kappa shape index (κ2) is 11.8. The number of anilines is 1. The van der Waals surface area contributed by atoms with E-state index in [4.69, 9.17) is 28.9 Å². The lowest BCUT2D eigenvalue weighted by Crippen LogP contribution is -2.09. The van der Waals surface area contributed by atoms with Gasteiger partial charge in [0.05, 0.1) is 25.6 Å². The SMILES string of the molecule is COCOc1c(-c2cncc3ccccc23)cc(-c2cccc(C)n2)nc1NCc1ccc(OC)cc1OC. The molecule has 2 aromatic carbocycles. The Labute approximate surface area is 227 Å². The largest absolute Gasteiger partial charge is 0.497 e. The highest BCUT2D eigenvalue weighted by atomic mass is 16.7. The van der Waals surface area contributed by atoms with Crippen LogP contribution in [-0.4, -0.2) is 43.1 Å². The van der Waals surface area contributed by atoms with Gasteiger partial charge in [-0.1, -0.05) is 30.3 Å². The predicted octanol–water partition coefficient (Wildman–Crippen LogP) is 6.28. The topological polar surface area (TPSA) is 87.6 Å². The Hall–Kier alpha value is -4.69. The number of hydrogen-bond acceptors (Lipinski definition) is 8. The van der Waals surface area contributed by atoms with Crippen LogP contribution in [0, 0.1) is 6.92 Å². The number of benzene rings is 2. The summed E-state index contributed by atoms with van der Waals surface area (Å²) in [5.74, 6) is 2.53. The lowest BCUT2D eigenvalue weighted by atomic mass is 9.99. The fourth-order valence-electron chi connectivity index (χ4n) is 4.44. The average Bonchev–Trinajstić information content (AvgIpc) is 2.98. The molecule has 0 atom stereocenters. The molecule has 8 heteroatoms. The molecule has 39 heavy (non-hydrogen) atoms. The maximum atomic E-state index is 6.17. The van der Waals surface area contributed by atoms with E-state index < -0.39 is 0 Å². The van der Waals surface area contributed by atoms with Gasteiger partial charge in [-0.3, -0.25) is 9.97 Å². The van der Waals surface area contributed by atoms with E-state index in [1.54, 1.807) is 21.3 Å².